The number of aromatic nitrogens is 2. The van der Waals surface area contributed by atoms with Crippen molar-refractivity contribution in [1.29, 1.82) is 0 Å². The Hall–Kier alpha value is -2.10. The van der Waals surface area contributed by atoms with Crippen molar-refractivity contribution in [2.24, 2.45) is 0 Å². The smallest absolute Gasteiger partial charge is 0.229 e. The number of hydrogen-bond acceptors (Lipinski definition) is 4. The molecule has 4 heteroatoms. The third kappa shape index (κ3) is 4.70. The summed E-state index contributed by atoms with van der Waals surface area (Å²) >= 11 is 0. The fourth-order valence-corrected chi connectivity index (χ4v) is 3.21. The van der Waals surface area contributed by atoms with Crippen LogP contribution in [0.3, 0.4) is 0 Å². The summed E-state index contributed by atoms with van der Waals surface area (Å²) in [5, 5.41) is 6.88. The van der Waals surface area contributed by atoms with Gasteiger partial charge in [0.2, 0.25) is 5.95 Å². The van der Waals surface area contributed by atoms with Crippen LogP contribution in [0, 0.1) is 0 Å². The van der Waals surface area contributed by atoms with Crippen LogP contribution in [-0.4, -0.2) is 16.0 Å². The number of rotatable bonds is 5. The van der Waals surface area contributed by atoms with Crippen molar-refractivity contribution in [3.63, 3.8) is 0 Å². The van der Waals surface area contributed by atoms with Gasteiger partial charge in [0.1, 0.15) is 5.82 Å². The van der Waals surface area contributed by atoms with E-state index in [2.05, 4.69) is 58.7 Å². The molecular formula is C20H28N4. The van der Waals surface area contributed by atoms with E-state index >= 15 is 0 Å². The Labute approximate surface area is 145 Å². The van der Waals surface area contributed by atoms with Crippen molar-refractivity contribution in [3.05, 3.63) is 42.1 Å². The monoisotopic (exact) mass is 324 g/mol. The van der Waals surface area contributed by atoms with Crippen molar-refractivity contribution in [2.45, 2.75) is 64.3 Å². The first-order chi connectivity index (χ1) is 11.7. The molecule has 1 aliphatic rings. The van der Waals surface area contributed by atoms with Gasteiger partial charge in [0.25, 0.3) is 0 Å². The van der Waals surface area contributed by atoms with E-state index in [4.69, 9.17) is 0 Å². The second-order valence-electron chi connectivity index (χ2n) is 7.00. The molecule has 128 valence electrons. The number of nitrogens with one attached hydrogen (secondary N) is 2. The fraction of sp³-hybridized carbons (Fsp3) is 0.500. The van der Waals surface area contributed by atoms with Gasteiger partial charge in [-0.2, -0.15) is 4.98 Å². The molecule has 0 unspecified atom stereocenters. The molecule has 0 aliphatic heterocycles. The lowest BCUT2D eigenvalue weighted by atomic mass is 10.0. The van der Waals surface area contributed by atoms with Gasteiger partial charge in [0.15, 0.2) is 0 Å². The van der Waals surface area contributed by atoms with E-state index in [1.54, 1.807) is 0 Å². The summed E-state index contributed by atoms with van der Waals surface area (Å²) in [5.41, 5.74) is 2.36. The lowest BCUT2D eigenvalue weighted by Crippen LogP contribution is -2.19. The summed E-state index contributed by atoms with van der Waals surface area (Å²) in [6.45, 7) is 4.41. The summed E-state index contributed by atoms with van der Waals surface area (Å²) in [7, 11) is 0. The number of hydrogen-bond donors (Lipinski definition) is 2. The molecule has 0 bridgehead atoms. The number of nitrogens with zero attached hydrogens (tertiary/aromatic N) is 2. The van der Waals surface area contributed by atoms with Gasteiger partial charge in [-0.05, 0) is 42.5 Å². The Morgan fingerprint density at radius 1 is 0.958 bits per heavy atom. The first-order valence-corrected chi connectivity index (χ1v) is 9.17. The molecular weight excluding hydrogens is 296 g/mol. The third-order valence-electron chi connectivity index (χ3n) is 4.70. The Balaban J connectivity index is 1.64. The van der Waals surface area contributed by atoms with Crippen molar-refractivity contribution in [1.82, 2.24) is 9.97 Å². The Kier molecular flexibility index (Phi) is 5.68. The summed E-state index contributed by atoms with van der Waals surface area (Å²) in [5.74, 6) is 2.10. The molecule has 2 aromatic rings. The van der Waals surface area contributed by atoms with Gasteiger partial charge in [-0.1, -0.05) is 51.7 Å². The molecule has 0 radical (unpaired) electrons. The van der Waals surface area contributed by atoms with Crippen LogP contribution in [0.2, 0.25) is 0 Å². The van der Waals surface area contributed by atoms with Crippen LogP contribution in [0.5, 0.6) is 0 Å². The van der Waals surface area contributed by atoms with Gasteiger partial charge in [-0.3, -0.25) is 0 Å². The summed E-state index contributed by atoms with van der Waals surface area (Å²) in [6.07, 6.45) is 9.65. The van der Waals surface area contributed by atoms with E-state index in [-0.39, 0.29) is 0 Å². The molecule has 1 aromatic heterocycles. The van der Waals surface area contributed by atoms with E-state index in [1.165, 1.54) is 44.1 Å². The van der Waals surface area contributed by atoms with Crippen LogP contribution in [0.15, 0.2) is 36.5 Å². The minimum atomic E-state index is 0.542. The van der Waals surface area contributed by atoms with Gasteiger partial charge >= 0.3 is 0 Å². The van der Waals surface area contributed by atoms with Gasteiger partial charge in [-0.25, -0.2) is 4.98 Å². The molecule has 1 aromatic carbocycles. The lowest BCUT2D eigenvalue weighted by Gasteiger charge is -2.17. The molecule has 1 heterocycles. The zero-order valence-electron chi connectivity index (χ0n) is 14.8. The molecule has 1 aliphatic carbocycles. The van der Waals surface area contributed by atoms with Crippen LogP contribution in [0.25, 0.3) is 0 Å². The highest BCUT2D eigenvalue weighted by Crippen LogP contribution is 2.22. The lowest BCUT2D eigenvalue weighted by molar-refractivity contribution is 0.617. The topological polar surface area (TPSA) is 49.8 Å². The Morgan fingerprint density at radius 3 is 2.33 bits per heavy atom. The molecule has 1 fully saturated rings. The van der Waals surface area contributed by atoms with E-state index in [0.717, 1.165) is 11.5 Å². The van der Waals surface area contributed by atoms with Crippen molar-refractivity contribution < 1.29 is 0 Å². The van der Waals surface area contributed by atoms with Crippen LogP contribution in [0.4, 0.5) is 17.5 Å². The van der Waals surface area contributed by atoms with E-state index in [1.807, 2.05) is 12.3 Å². The highest BCUT2D eigenvalue weighted by atomic mass is 15.1. The summed E-state index contributed by atoms with van der Waals surface area (Å²) in [6, 6.07) is 11.0. The fourth-order valence-electron chi connectivity index (χ4n) is 3.21. The minimum absolute atomic E-state index is 0.542. The molecule has 24 heavy (non-hydrogen) atoms. The molecule has 0 amide bonds. The SMILES string of the molecule is CC(C)c1ccc(Nc2nccc(NC3CCCCCC3)n2)cc1. The predicted octanol–water partition coefficient (Wildman–Crippen LogP) is 5.48. The van der Waals surface area contributed by atoms with E-state index < -0.39 is 0 Å². The zero-order chi connectivity index (χ0) is 16.8. The summed E-state index contributed by atoms with van der Waals surface area (Å²) in [4.78, 5) is 8.96. The average Bonchev–Trinajstić information content (AvgIpc) is 2.84. The second kappa shape index (κ2) is 8.13. The van der Waals surface area contributed by atoms with Gasteiger partial charge in [-0.15, -0.1) is 0 Å². The van der Waals surface area contributed by atoms with Crippen molar-refractivity contribution in [3.8, 4) is 0 Å². The maximum atomic E-state index is 4.62. The highest BCUT2D eigenvalue weighted by molar-refractivity contribution is 5.55. The molecule has 1 saturated carbocycles. The first-order valence-electron chi connectivity index (χ1n) is 9.17. The third-order valence-corrected chi connectivity index (χ3v) is 4.70. The minimum Gasteiger partial charge on any atom is -0.367 e. The largest absolute Gasteiger partial charge is 0.367 e. The van der Waals surface area contributed by atoms with E-state index in [0.29, 0.717) is 17.9 Å². The molecule has 0 atom stereocenters. The molecule has 4 nitrogen and oxygen atoms in total. The van der Waals surface area contributed by atoms with Gasteiger partial charge in [0, 0.05) is 17.9 Å². The quantitative estimate of drug-likeness (QED) is 0.715. The Morgan fingerprint density at radius 2 is 1.67 bits per heavy atom. The van der Waals surface area contributed by atoms with Crippen LogP contribution in [0.1, 0.15) is 63.9 Å². The van der Waals surface area contributed by atoms with Gasteiger partial charge in [0.05, 0.1) is 0 Å². The van der Waals surface area contributed by atoms with Crippen molar-refractivity contribution in [2.75, 3.05) is 10.6 Å². The van der Waals surface area contributed by atoms with E-state index in [9.17, 15) is 0 Å². The first kappa shape index (κ1) is 16.7. The molecule has 3 rings (SSSR count). The maximum absolute atomic E-state index is 4.62. The molecule has 0 spiro atoms. The number of anilines is 3. The second-order valence-corrected chi connectivity index (χ2v) is 7.00. The van der Waals surface area contributed by atoms with Crippen LogP contribution < -0.4 is 10.6 Å². The van der Waals surface area contributed by atoms with Gasteiger partial charge < -0.3 is 10.6 Å². The average molecular weight is 324 g/mol. The molecule has 2 N–H and O–H groups in total. The summed E-state index contributed by atoms with van der Waals surface area (Å²) < 4.78 is 0. The van der Waals surface area contributed by atoms with Crippen molar-refractivity contribution >= 4 is 17.5 Å². The highest BCUT2D eigenvalue weighted by Gasteiger charge is 2.12. The predicted molar refractivity (Wildman–Crippen MR) is 101 cm³/mol. The van der Waals surface area contributed by atoms with Crippen LogP contribution >= 0.6 is 0 Å². The zero-order valence-corrected chi connectivity index (χ0v) is 14.8. The van der Waals surface area contributed by atoms with Crippen LogP contribution in [-0.2, 0) is 0 Å². The maximum Gasteiger partial charge on any atom is 0.229 e. The Bertz CT molecular complexity index is 628. The standard InChI is InChI=1S/C20H28N4/c1-15(2)16-9-11-18(12-10-16)23-20-21-14-13-19(24-20)22-17-7-5-3-4-6-8-17/h9-15,17H,3-8H2,1-2H3,(H2,21,22,23,24). The normalized spacial score (nSPS) is 16.0. The molecule has 0 saturated heterocycles. The number of benzene rings is 1.